The van der Waals surface area contributed by atoms with E-state index < -0.39 is 17.3 Å². The molecular formula is C18H24BrNO4. The second-order valence-electron chi connectivity index (χ2n) is 7.61. The van der Waals surface area contributed by atoms with Crippen LogP contribution in [0.15, 0.2) is 22.7 Å². The minimum absolute atomic E-state index is 0.299. The van der Waals surface area contributed by atoms with Gasteiger partial charge in [0.1, 0.15) is 17.0 Å². The monoisotopic (exact) mass is 397 g/mol. The number of aliphatic hydroxyl groups is 1. The van der Waals surface area contributed by atoms with Gasteiger partial charge in [-0.15, -0.1) is 0 Å². The predicted molar refractivity (Wildman–Crippen MR) is 94.3 cm³/mol. The van der Waals surface area contributed by atoms with Crippen molar-refractivity contribution in [3.8, 4) is 5.75 Å². The number of carbonyl (C=O) groups is 1. The van der Waals surface area contributed by atoms with Gasteiger partial charge in [0.15, 0.2) is 0 Å². The first-order valence-corrected chi connectivity index (χ1v) is 9.11. The molecule has 1 amide bonds. The second kappa shape index (κ2) is 6.23. The highest BCUT2D eigenvalue weighted by Gasteiger charge is 2.47. The first-order chi connectivity index (χ1) is 11.2. The Bertz CT molecular complexity index is 632. The van der Waals surface area contributed by atoms with E-state index in [0.29, 0.717) is 32.4 Å². The maximum Gasteiger partial charge on any atom is 0.410 e. The van der Waals surface area contributed by atoms with Gasteiger partial charge in [0, 0.05) is 36.8 Å². The molecular weight excluding hydrogens is 374 g/mol. The van der Waals surface area contributed by atoms with Crippen molar-refractivity contribution in [1.82, 2.24) is 4.90 Å². The van der Waals surface area contributed by atoms with Crippen molar-refractivity contribution in [2.24, 2.45) is 0 Å². The van der Waals surface area contributed by atoms with Crippen LogP contribution < -0.4 is 4.74 Å². The largest absolute Gasteiger partial charge is 0.484 e. The fourth-order valence-corrected chi connectivity index (χ4v) is 3.73. The van der Waals surface area contributed by atoms with Crippen LogP contribution >= 0.6 is 15.9 Å². The van der Waals surface area contributed by atoms with Crippen LogP contribution in [0.25, 0.3) is 0 Å². The van der Waals surface area contributed by atoms with Crippen LogP contribution in [0.3, 0.4) is 0 Å². The van der Waals surface area contributed by atoms with E-state index >= 15 is 0 Å². The van der Waals surface area contributed by atoms with Gasteiger partial charge >= 0.3 is 6.09 Å². The zero-order valence-electron chi connectivity index (χ0n) is 14.3. The molecule has 2 aliphatic heterocycles. The number of nitrogens with zero attached hydrogens (tertiary/aromatic N) is 1. The third-order valence-electron chi connectivity index (χ3n) is 4.62. The van der Waals surface area contributed by atoms with Crippen molar-refractivity contribution >= 4 is 22.0 Å². The predicted octanol–water partition coefficient (Wildman–Crippen LogP) is 3.51. The molecule has 0 aromatic heterocycles. The minimum Gasteiger partial charge on any atom is -0.484 e. The zero-order chi connectivity index (χ0) is 17.5. The summed E-state index contributed by atoms with van der Waals surface area (Å²) in [6, 6.07) is 5.87. The normalized spacial score (nSPS) is 22.7. The molecule has 2 heterocycles. The summed E-state index contributed by atoms with van der Waals surface area (Å²) in [5.41, 5.74) is -0.101. The number of piperidine rings is 1. The average Bonchev–Trinajstić information content (AvgIpc) is 2.48. The Kier molecular flexibility index (Phi) is 4.55. The Morgan fingerprint density at radius 1 is 1.38 bits per heavy atom. The van der Waals surface area contributed by atoms with Crippen molar-refractivity contribution in [2.45, 2.75) is 57.3 Å². The first-order valence-electron chi connectivity index (χ1n) is 8.32. The van der Waals surface area contributed by atoms with E-state index in [1.165, 1.54) is 0 Å². The lowest BCUT2D eigenvalue weighted by atomic mass is 9.80. The molecule has 0 radical (unpaired) electrons. The lowest BCUT2D eigenvalue weighted by Gasteiger charge is -2.47. The average molecular weight is 398 g/mol. The number of ether oxygens (including phenoxy) is 2. The first kappa shape index (κ1) is 17.5. The van der Waals surface area contributed by atoms with E-state index in [9.17, 15) is 9.90 Å². The summed E-state index contributed by atoms with van der Waals surface area (Å²) < 4.78 is 12.6. The molecule has 2 aliphatic rings. The number of hydrogen-bond acceptors (Lipinski definition) is 4. The van der Waals surface area contributed by atoms with Gasteiger partial charge in [0.05, 0.1) is 6.10 Å². The number of rotatable bonds is 0. The van der Waals surface area contributed by atoms with E-state index in [4.69, 9.17) is 9.47 Å². The lowest BCUT2D eigenvalue weighted by molar-refractivity contribution is -0.0999. The molecule has 24 heavy (non-hydrogen) atoms. The Labute approximate surface area is 151 Å². The number of benzene rings is 1. The minimum atomic E-state index is -0.612. The van der Waals surface area contributed by atoms with Gasteiger partial charge in [-0.05, 0) is 44.5 Å². The maximum atomic E-state index is 12.2. The van der Waals surface area contributed by atoms with Crippen molar-refractivity contribution in [1.29, 1.82) is 0 Å². The molecule has 0 saturated carbocycles. The summed E-state index contributed by atoms with van der Waals surface area (Å²) in [6.45, 7) is 6.63. The van der Waals surface area contributed by atoms with Crippen LogP contribution in [-0.4, -0.2) is 46.5 Å². The summed E-state index contributed by atoms with van der Waals surface area (Å²) in [5, 5.41) is 10.7. The van der Waals surface area contributed by atoms with Crippen molar-refractivity contribution < 1.29 is 19.4 Å². The molecule has 1 aromatic rings. The topological polar surface area (TPSA) is 59.0 Å². The van der Waals surface area contributed by atoms with E-state index in [1.54, 1.807) is 4.90 Å². The number of halogens is 1. The summed E-state index contributed by atoms with van der Waals surface area (Å²) in [4.78, 5) is 13.9. The van der Waals surface area contributed by atoms with Gasteiger partial charge in [-0.3, -0.25) is 0 Å². The molecule has 1 N–H and O–H groups in total. The number of hydrogen-bond donors (Lipinski definition) is 1. The van der Waals surface area contributed by atoms with Gasteiger partial charge in [-0.1, -0.05) is 15.9 Å². The fourth-order valence-electron chi connectivity index (χ4n) is 3.32. The number of aliphatic hydroxyl groups excluding tert-OH is 1. The Morgan fingerprint density at radius 2 is 2.04 bits per heavy atom. The van der Waals surface area contributed by atoms with Crippen molar-refractivity contribution in [3.05, 3.63) is 28.2 Å². The van der Waals surface area contributed by atoms with Crippen LogP contribution in [0.4, 0.5) is 4.79 Å². The smallest absolute Gasteiger partial charge is 0.410 e. The highest BCUT2D eigenvalue weighted by molar-refractivity contribution is 9.10. The highest BCUT2D eigenvalue weighted by atomic mass is 79.9. The quantitative estimate of drug-likeness (QED) is 0.727. The van der Waals surface area contributed by atoms with Crippen LogP contribution in [0.2, 0.25) is 0 Å². The summed E-state index contributed by atoms with van der Waals surface area (Å²) in [7, 11) is 0. The van der Waals surface area contributed by atoms with E-state index in [0.717, 1.165) is 15.8 Å². The molecule has 132 valence electrons. The van der Waals surface area contributed by atoms with Gasteiger partial charge < -0.3 is 19.5 Å². The van der Waals surface area contributed by atoms with Crippen LogP contribution in [0.1, 0.15) is 39.2 Å². The van der Waals surface area contributed by atoms with E-state index in [2.05, 4.69) is 15.9 Å². The van der Waals surface area contributed by atoms with E-state index in [1.807, 2.05) is 39.0 Å². The molecule has 3 rings (SSSR count). The van der Waals surface area contributed by atoms with Crippen molar-refractivity contribution in [3.63, 3.8) is 0 Å². The van der Waals surface area contributed by atoms with Crippen LogP contribution in [-0.2, 0) is 11.2 Å². The standard InChI is InChI=1S/C18H24BrNO4/c1-17(2,3)24-16(22)20-8-6-18(7-9-20)15(21)11-12-10-13(19)4-5-14(12)23-18/h4-5,10,15,21H,6-9,11H2,1-3H3. The third kappa shape index (κ3) is 3.54. The summed E-state index contributed by atoms with van der Waals surface area (Å²) >= 11 is 3.45. The number of amides is 1. The SMILES string of the molecule is CC(C)(C)OC(=O)N1CCC2(CC1)Oc1ccc(Br)cc1CC2O. The Morgan fingerprint density at radius 3 is 2.67 bits per heavy atom. The van der Waals surface area contributed by atoms with Gasteiger partial charge in [-0.2, -0.15) is 0 Å². The molecule has 1 aromatic carbocycles. The molecule has 5 nitrogen and oxygen atoms in total. The van der Waals surface area contributed by atoms with Gasteiger partial charge in [0.2, 0.25) is 0 Å². The fraction of sp³-hybridized carbons (Fsp3) is 0.611. The summed E-state index contributed by atoms with van der Waals surface area (Å²) in [6.07, 6.45) is 0.902. The van der Waals surface area contributed by atoms with Crippen LogP contribution in [0, 0.1) is 0 Å². The second-order valence-corrected chi connectivity index (χ2v) is 8.52. The van der Waals surface area contributed by atoms with Crippen LogP contribution in [0.5, 0.6) is 5.75 Å². The molecule has 1 unspecified atom stereocenters. The molecule has 1 saturated heterocycles. The number of carbonyl (C=O) groups excluding carboxylic acids is 1. The number of fused-ring (bicyclic) bond motifs is 1. The molecule has 6 heteroatoms. The van der Waals surface area contributed by atoms with E-state index in [-0.39, 0.29) is 6.09 Å². The lowest BCUT2D eigenvalue weighted by Crippen LogP contribution is -2.58. The summed E-state index contributed by atoms with van der Waals surface area (Å²) in [5.74, 6) is 0.828. The zero-order valence-corrected chi connectivity index (χ0v) is 15.9. The molecule has 0 bridgehead atoms. The maximum absolute atomic E-state index is 12.2. The van der Waals surface area contributed by atoms with Gasteiger partial charge in [-0.25, -0.2) is 4.79 Å². The Balaban J connectivity index is 1.69. The molecule has 1 fully saturated rings. The van der Waals surface area contributed by atoms with Gasteiger partial charge in [0.25, 0.3) is 0 Å². The molecule has 1 spiro atoms. The van der Waals surface area contributed by atoms with Crippen molar-refractivity contribution in [2.75, 3.05) is 13.1 Å². The molecule has 0 aliphatic carbocycles. The third-order valence-corrected chi connectivity index (χ3v) is 5.11. The number of likely N-dealkylation sites (tertiary alicyclic amines) is 1. The Hall–Kier alpha value is -1.27. The highest BCUT2D eigenvalue weighted by Crippen LogP contribution is 2.40. The molecule has 1 atom stereocenters.